The maximum Gasteiger partial charge on any atom is 0.261 e. The number of hydrogen-bond donors (Lipinski definition) is 1. The highest BCUT2D eigenvalue weighted by atomic mass is 127. The topological polar surface area (TPSA) is 55.4 Å². The molecule has 0 aliphatic carbocycles. The van der Waals surface area contributed by atoms with Gasteiger partial charge in [0.15, 0.2) is 0 Å². The number of rotatable bonds is 6. The molecule has 0 spiro atoms. The molecule has 2 rings (SSSR count). The molecule has 2 aromatic carbocycles. The van der Waals surface area contributed by atoms with Crippen molar-refractivity contribution in [1.82, 2.24) is 0 Å². The van der Waals surface area contributed by atoms with Gasteiger partial charge in [-0.1, -0.05) is 6.92 Å². The minimum absolute atomic E-state index is 0.229. The first-order chi connectivity index (χ1) is 10.4. The molecule has 0 fully saturated rings. The van der Waals surface area contributed by atoms with E-state index in [1.54, 1.807) is 30.3 Å². The average Bonchev–Trinajstić information content (AvgIpc) is 2.48. The lowest BCUT2D eigenvalue weighted by Gasteiger charge is -2.12. The zero-order valence-electron chi connectivity index (χ0n) is 12.5. The van der Waals surface area contributed by atoms with Crippen LogP contribution >= 0.6 is 22.6 Å². The lowest BCUT2D eigenvalue weighted by molar-refractivity contribution is 0.315. The van der Waals surface area contributed by atoms with Crippen LogP contribution in [0.2, 0.25) is 0 Å². The van der Waals surface area contributed by atoms with Crippen LogP contribution in [0.3, 0.4) is 0 Å². The SMILES string of the molecule is CCCOc1ccc(S(=O)(=O)Nc2ccc(I)cc2)cc1C. The predicted molar refractivity (Wildman–Crippen MR) is 96.9 cm³/mol. The molecule has 0 aromatic heterocycles. The van der Waals surface area contributed by atoms with Crippen LogP contribution in [0.4, 0.5) is 5.69 Å². The minimum Gasteiger partial charge on any atom is -0.493 e. The first-order valence-electron chi connectivity index (χ1n) is 6.94. The number of ether oxygens (including phenoxy) is 1. The Balaban J connectivity index is 2.22. The van der Waals surface area contributed by atoms with Crippen molar-refractivity contribution in [3.8, 4) is 5.75 Å². The summed E-state index contributed by atoms with van der Waals surface area (Å²) < 4.78 is 34.0. The summed E-state index contributed by atoms with van der Waals surface area (Å²) in [5.74, 6) is 0.718. The second-order valence-electron chi connectivity index (χ2n) is 4.89. The van der Waals surface area contributed by atoms with Crippen LogP contribution in [-0.4, -0.2) is 15.0 Å². The first-order valence-corrected chi connectivity index (χ1v) is 9.50. The van der Waals surface area contributed by atoms with Crippen LogP contribution in [0.1, 0.15) is 18.9 Å². The maximum absolute atomic E-state index is 12.4. The van der Waals surface area contributed by atoms with Crippen molar-refractivity contribution in [2.45, 2.75) is 25.2 Å². The van der Waals surface area contributed by atoms with Gasteiger partial charge in [-0.25, -0.2) is 8.42 Å². The second-order valence-corrected chi connectivity index (χ2v) is 7.82. The van der Waals surface area contributed by atoms with Crippen molar-refractivity contribution in [3.63, 3.8) is 0 Å². The smallest absolute Gasteiger partial charge is 0.261 e. The zero-order valence-corrected chi connectivity index (χ0v) is 15.4. The number of hydrogen-bond acceptors (Lipinski definition) is 3. The predicted octanol–water partition coefficient (Wildman–Crippen LogP) is 4.19. The van der Waals surface area contributed by atoms with Gasteiger partial charge in [0.05, 0.1) is 11.5 Å². The highest BCUT2D eigenvalue weighted by molar-refractivity contribution is 14.1. The summed E-state index contributed by atoms with van der Waals surface area (Å²) >= 11 is 2.17. The lowest BCUT2D eigenvalue weighted by atomic mass is 10.2. The van der Waals surface area contributed by atoms with Gasteiger partial charge < -0.3 is 4.74 Å². The molecule has 0 saturated heterocycles. The van der Waals surface area contributed by atoms with Crippen LogP contribution in [0, 0.1) is 10.5 Å². The molecule has 0 amide bonds. The van der Waals surface area contributed by atoms with E-state index in [-0.39, 0.29) is 4.90 Å². The molecule has 0 bridgehead atoms. The van der Waals surface area contributed by atoms with E-state index in [2.05, 4.69) is 27.3 Å². The van der Waals surface area contributed by atoms with Crippen molar-refractivity contribution in [1.29, 1.82) is 0 Å². The molecule has 0 saturated carbocycles. The number of halogens is 1. The van der Waals surface area contributed by atoms with Gasteiger partial charge in [-0.2, -0.15) is 0 Å². The van der Waals surface area contributed by atoms with Gasteiger partial charge in [0.25, 0.3) is 10.0 Å². The molecule has 0 atom stereocenters. The van der Waals surface area contributed by atoms with Crippen molar-refractivity contribution >= 4 is 38.3 Å². The van der Waals surface area contributed by atoms with E-state index in [9.17, 15) is 8.42 Å². The summed E-state index contributed by atoms with van der Waals surface area (Å²) in [5, 5.41) is 0. The molecule has 0 heterocycles. The Morgan fingerprint density at radius 3 is 2.41 bits per heavy atom. The van der Waals surface area contributed by atoms with Gasteiger partial charge in [-0.3, -0.25) is 4.72 Å². The van der Waals surface area contributed by atoms with Gasteiger partial charge in [0.1, 0.15) is 5.75 Å². The molecule has 0 aliphatic heterocycles. The minimum atomic E-state index is -3.59. The molecule has 6 heteroatoms. The monoisotopic (exact) mass is 431 g/mol. The van der Waals surface area contributed by atoms with Crippen LogP contribution in [0.15, 0.2) is 47.4 Å². The summed E-state index contributed by atoms with van der Waals surface area (Å²) in [7, 11) is -3.59. The normalized spacial score (nSPS) is 11.2. The third-order valence-corrected chi connectivity index (χ3v) is 5.11. The van der Waals surface area contributed by atoms with E-state index in [1.165, 1.54) is 0 Å². The van der Waals surface area contributed by atoms with E-state index in [4.69, 9.17) is 4.74 Å². The summed E-state index contributed by atoms with van der Waals surface area (Å²) in [6.45, 7) is 4.49. The van der Waals surface area contributed by atoms with Crippen molar-refractivity contribution in [3.05, 3.63) is 51.6 Å². The zero-order chi connectivity index (χ0) is 16.2. The van der Waals surface area contributed by atoms with Gasteiger partial charge in [0, 0.05) is 9.26 Å². The Hall–Kier alpha value is -1.28. The number of nitrogens with one attached hydrogen (secondary N) is 1. The van der Waals surface area contributed by atoms with E-state index in [0.29, 0.717) is 12.3 Å². The van der Waals surface area contributed by atoms with Crippen LogP contribution in [0.5, 0.6) is 5.75 Å². The number of benzene rings is 2. The Morgan fingerprint density at radius 1 is 1.14 bits per heavy atom. The average molecular weight is 431 g/mol. The van der Waals surface area contributed by atoms with E-state index in [1.807, 2.05) is 26.0 Å². The highest BCUT2D eigenvalue weighted by Gasteiger charge is 2.15. The summed E-state index contributed by atoms with van der Waals surface area (Å²) in [6.07, 6.45) is 0.911. The van der Waals surface area contributed by atoms with Crippen molar-refractivity contribution < 1.29 is 13.2 Å². The molecule has 2 aromatic rings. The Morgan fingerprint density at radius 2 is 1.82 bits per heavy atom. The molecular weight excluding hydrogens is 413 g/mol. The Kier molecular flexibility index (Phi) is 5.69. The Labute approximate surface area is 145 Å². The number of aryl methyl sites for hydroxylation is 1. The Bertz CT molecular complexity index is 742. The van der Waals surface area contributed by atoms with Crippen molar-refractivity contribution in [2.24, 2.45) is 0 Å². The van der Waals surface area contributed by atoms with Crippen LogP contribution in [-0.2, 0) is 10.0 Å². The lowest BCUT2D eigenvalue weighted by Crippen LogP contribution is -2.13. The van der Waals surface area contributed by atoms with E-state index >= 15 is 0 Å². The molecule has 0 aliphatic rings. The largest absolute Gasteiger partial charge is 0.493 e. The molecule has 0 radical (unpaired) electrons. The molecule has 1 N–H and O–H groups in total. The summed E-state index contributed by atoms with van der Waals surface area (Å²) in [4.78, 5) is 0.229. The quantitative estimate of drug-likeness (QED) is 0.698. The standard InChI is InChI=1S/C16H18INO3S/c1-3-10-21-16-9-8-15(11-12(16)2)22(19,20)18-14-6-4-13(17)5-7-14/h4-9,11,18H,3,10H2,1-2H3. The molecular formula is C16H18INO3S. The summed E-state index contributed by atoms with van der Waals surface area (Å²) in [5.41, 5.74) is 1.35. The first kappa shape index (κ1) is 17.1. The fraction of sp³-hybridized carbons (Fsp3) is 0.250. The van der Waals surface area contributed by atoms with Crippen LogP contribution in [0.25, 0.3) is 0 Å². The summed E-state index contributed by atoms with van der Waals surface area (Å²) in [6, 6.07) is 12.1. The van der Waals surface area contributed by atoms with Gasteiger partial charge in [-0.05, 0) is 84.0 Å². The highest BCUT2D eigenvalue weighted by Crippen LogP contribution is 2.24. The van der Waals surface area contributed by atoms with Gasteiger partial charge >= 0.3 is 0 Å². The maximum atomic E-state index is 12.4. The van der Waals surface area contributed by atoms with E-state index < -0.39 is 10.0 Å². The molecule has 22 heavy (non-hydrogen) atoms. The van der Waals surface area contributed by atoms with Crippen LogP contribution < -0.4 is 9.46 Å². The molecule has 0 unspecified atom stereocenters. The third kappa shape index (κ3) is 4.36. The number of anilines is 1. The van der Waals surface area contributed by atoms with Crippen molar-refractivity contribution in [2.75, 3.05) is 11.3 Å². The fourth-order valence-corrected chi connectivity index (χ4v) is 3.40. The fourth-order valence-electron chi connectivity index (χ4n) is 1.90. The third-order valence-electron chi connectivity index (χ3n) is 3.01. The van der Waals surface area contributed by atoms with Gasteiger partial charge in [0.2, 0.25) is 0 Å². The number of sulfonamides is 1. The van der Waals surface area contributed by atoms with E-state index in [0.717, 1.165) is 21.3 Å². The molecule has 4 nitrogen and oxygen atoms in total. The molecule has 118 valence electrons. The second kappa shape index (κ2) is 7.32. The van der Waals surface area contributed by atoms with Gasteiger partial charge in [-0.15, -0.1) is 0 Å².